The third-order valence-corrected chi connectivity index (χ3v) is 4.92. The molecule has 1 aromatic carbocycles. The molecule has 3 heterocycles. The van der Waals surface area contributed by atoms with Crippen LogP contribution in [0.15, 0.2) is 36.4 Å². The van der Waals surface area contributed by atoms with Crippen LogP contribution in [0.25, 0.3) is 16.8 Å². The highest BCUT2D eigenvalue weighted by molar-refractivity contribution is 5.80. The molecule has 0 unspecified atom stereocenters. The van der Waals surface area contributed by atoms with E-state index in [4.69, 9.17) is 14.8 Å². The van der Waals surface area contributed by atoms with E-state index in [0.717, 1.165) is 72.8 Å². The Labute approximate surface area is 154 Å². The summed E-state index contributed by atoms with van der Waals surface area (Å²) in [5.74, 6) is 0.999. The summed E-state index contributed by atoms with van der Waals surface area (Å²) in [7, 11) is 0. The molecule has 0 saturated carbocycles. The maximum absolute atomic E-state index is 5.75. The number of ether oxygens (including phenoxy) is 1. The summed E-state index contributed by atoms with van der Waals surface area (Å²) in [6, 6.07) is 12.5. The minimum absolute atomic E-state index is 0.290. The third-order valence-electron chi connectivity index (χ3n) is 4.92. The summed E-state index contributed by atoms with van der Waals surface area (Å²) in [5, 5.41) is 8.34. The van der Waals surface area contributed by atoms with Gasteiger partial charge < -0.3 is 10.1 Å². The highest BCUT2D eigenvalue weighted by Gasteiger charge is 2.19. The normalized spacial score (nSPS) is 17.1. The van der Waals surface area contributed by atoms with Gasteiger partial charge in [0.1, 0.15) is 5.82 Å². The zero-order valence-corrected chi connectivity index (χ0v) is 15.5. The average molecular weight is 350 g/mol. The number of fused-ring (bicyclic) bond motifs is 1. The Morgan fingerprint density at radius 1 is 1.27 bits per heavy atom. The Bertz CT molecular complexity index is 882. The number of hydrogen-bond donors (Lipinski definition) is 1. The second-order valence-corrected chi connectivity index (χ2v) is 6.96. The van der Waals surface area contributed by atoms with Gasteiger partial charge in [0.05, 0.1) is 11.8 Å². The van der Waals surface area contributed by atoms with Crippen LogP contribution in [0, 0.1) is 6.92 Å². The molecule has 1 fully saturated rings. The molecule has 136 valence electrons. The molecule has 5 nitrogen and oxygen atoms in total. The van der Waals surface area contributed by atoms with Gasteiger partial charge in [-0.25, -0.2) is 4.98 Å². The summed E-state index contributed by atoms with van der Waals surface area (Å²) >= 11 is 0. The first kappa shape index (κ1) is 17.0. The molecule has 1 N–H and O–H groups in total. The lowest BCUT2D eigenvalue weighted by molar-refractivity contribution is 0.120. The van der Waals surface area contributed by atoms with Crippen molar-refractivity contribution in [3.8, 4) is 11.1 Å². The van der Waals surface area contributed by atoms with Crippen molar-refractivity contribution in [1.82, 2.24) is 14.6 Å². The van der Waals surface area contributed by atoms with Crippen LogP contribution in [0.5, 0.6) is 0 Å². The molecule has 1 atom stereocenters. The van der Waals surface area contributed by atoms with E-state index in [1.807, 2.05) is 10.6 Å². The van der Waals surface area contributed by atoms with Crippen LogP contribution < -0.4 is 5.32 Å². The number of rotatable bonds is 6. The zero-order chi connectivity index (χ0) is 17.9. The largest absolute Gasteiger partial charge is 0.376 e. The van der Waals surface area contributed by atoms with Crippen LogP contribution in [0.2, 0.25) is 0 Å². The van der Waals surface area contributed by atoms with Crippen molar-refractivity contribution in [1.29, 1.82) is 0 Å². The smallest absolute Gasteiger partial charge is 0.165 e. The van der Waals surface area contributed by atoms with Gasteiger partial charge in [-0.1, -0.05) is 43.7 Å². The van der Waals surface area contributed by atoms with Gasteiger partial charge in [-0.05, 0) is 31.7 Å². The number of aryl methyl sites for hydroxylation is 2. The van der Waals surface area contributed by atoms with E-state index in [1.165, 1.54) is 0 Å². The van der Waals surface area contributed by atoms with Crippen molar-refractivity contribution < 1.29 is 4.74 Å². The van der Waals surface area contributed by atoms with Gasteiger partial charge >= 0.3 is 0 Å². The van der Waals surface area contributed by atoms with Gasteiger partial charge in [0.15, 0.2) is 5.65 Å². The number of hydrogen-bond acceptors (Lipinski definition) is 4. The first-order valence-electron chi connectivity index (χ1n) is 9.56. The van der Waals surface area contributed by atoms with Crippen LogP contribution >= 0.6 is 0 Å². The molecule has 0 radical (unpaired) electrons. The fourth-order valence-corrected chi connectivity index (χ4v) is 3.65. The Hall–Kier alpha value is -2.40. The van der Waals surface area contributed by atoms with Crippen molar-refractivity contribution in [2.45, 2.75) is 45.6 Å². The van der Waals surface area contributed by atoms with E-state index in [1.54, 1.807) is 0 Å². The maximum Gasteiger partial charge on any atom is 0.165 e. The molecule has 0 spiro atoms. The lowest BCUT2D eigenvalue weighted by Crippen LogP contribution is -2.20. The van der Waals surface area contributed by atoms with E-state index in [2.05, 4.69) is 49.5 Å². The summed E-state index contributed by atoms with van der Waals surface area (Å²) in [6.45, 7) is 5.92. The average Bonchev–Trinajstić information content (AvgIpc) is 3.28. The fraction of sp³-hybridized carbons (Fsp3) is 0.429. The third kappa shape index (κ3) is 3.31. The van der Waals surface area contributed by atoms with Crippen LogP contribution in [0.4, 0.5) is 5.82 Å². The van der Waals surface area contributed by atoms with Crippen molar-refractivity contribution in [2.75, 3.05) is 18.5 Å². The summed E-state index contributed by atoms with van der Waals surface area (Å²) in [5.41, 5.74) is 5.30. The van der Waals surface area contributed by atoms with Gasteiger partial charge in [-0.2, -0.15) is 9.61 Å². The molecule has 0 aliphatic carbocycles. The second kappa shape index (κ2) is 7.46. The van der Waals surface area contributed by atoms with E-state index < -0.39 is 0 Å². The molecule has 0 amide bonds. The Kier molecular flexibility index (Phi) is 4.89. The van der Waals surface area contributed by atoms with E-state index >= 15 is 0 Å². The van der Waals surface area contributed by atoms with Crippen LogP contribution in [0.1, 0.15) is 37.6 Å². The monoisotopic (exact) mass is 350 g/mol. The minimum atomic E-state index is 0.290. The zero-order valence-electron chi connectivity index (χ0n) is 15.5. The second-order valence-electron chi connectivity index (χ2n) is 6.96. The highest BCUT2D eigenvalue weighted by Crippen LogP contribution is 2.29. The quantitative estimate of drug-likeness (QED) is 0.722. The molecule has 3 aromatic rings. The van der Waals surface area contributed by atoms with E-state index in [-0.39, 0.29) is 6.10 Å². The Morgan fingerprint density at radius 2 is 2.12 bits per heavy atom. The van der Waals surface area contributed by atoms with E-state index in [0.29, 0.717) is 0 Å². The number of benzene rings is 1. The fourth-order valence-electron chi connectivity index (χ4n) is 3.65. The summed E-state index contributed by atoms with van der Waals surface area (Å²) in [4.78, 5) is 4.93. The number of anilines is 1. The molecule has 1 aliphatic heterocycles. The molecular weight excluding hydrogens is 324 g/mol. The lowest BCUT2D eigenvalue weighted by Gasteiger charge is -2.14. The molecule has 5 heteroatoms. The van der Waals surface area contributed by atoms with Gasteiger partial charge in [-0.3, -0.25) is 0 Å². The molecule has 1 saturated heterocycles. The van der Waals surface area contributed by atoms with Crippen LogP contribution in [-0.2, 0) is 11.2 Å². The van der Waals surface area contributed by atoms with Crippen molar-refractivity contribution >= 4 is 11.5 Å². The molecule has 2 aromatic heterocycles. The number of aromatic nitrogens is 3. The predicted molar refractivity (Wildman–Crippen MR) is 105 cm³/mol. The van der Waals surface area contributed by atoms with Crippen molar-refractivity contribution in [2.24, 2.45) is 0 Å². The SMILES string of the molecule is CCCc1cc(NC[C@H]2CCCO2)n2nc(C)c(-c3ccccc3)c2n1. The highest BCUT2D eigenvalue weighted by atomic mass is 16.5. The standard InChI is InChI=1S/C21H26N4O/c1-3-8-17-13-19(22-14-18-11-7-12-26-18)25-21(23-17)20(15(2)24-25)16-9-5-4-6-10-16/h4-6,9-10,13,18,22H,3,7-8,11-12,14H2,1-2H3/t18-/m1/s1. The molecule has 26 heavy (non-hydrogen) atoms. The van der Waals surface area contributed by atoms with Gasteiger partial charge in [0.25, 0.3) is 0 Å². The Morgan fingerprint density at radius 3 is 2.85 bits per heavy atom. The first-order chi connectivity index (χ1) is 12.8. The van der Waals surface area contributed by atoms with Crippen LogP contribution in [-0.4, -0.2) is 33.9 Å². The van der Waals surface area contributed by atoms with Crippen molar-refractivity contribution in [3.05, 3.63) is 47.8 Å². The molecule has 0 bridgehead atoms. The minimum Gasteiger partial charge on any atom is -0.376 e. The summed E-state index contributed by atoms with van der Waals surface area (Å²) in [6.07, 6.45) is 4.60. The maximum atomic E-state index is 5.75. The van der Waals surface area contributed by atoms with Crippen molar-refractivity contribution in [3.63, 3.8) is 0 Å². The summed E-state index contributed by atoms with van der Waals surface area (Å²) < 4.78 is 7.71. The lowest BCUT2D eigenvalue weighted by atomic mass is 10.1. The predicted octanol–water partition coefficient (Wildman–Crippen LogP) is 4.25. The van der Waals surface area contributed by atoms with E-state index in [9.17, 15) is 0 Å². The van der Waals surface area contributed by atoms with Gasteiger partial charge in [0.2, 0.25) is 0 Å². The molecular formula is C21H26N4O. The number of nitrogens with one attached hydrogen (secondary N) is 1. The topological polar surface area (TPSA) is 51.5 Å². The first-order valence-corrected chi connectivity index (χ1v) is 9.56. The van der Waals surface area contributed by atoms with Gasteiger partial charge in [-0.15, -0.1) is 0 Å². The molecule has 4 rings (SSSR count). The number of nitrogens with zero attached hydrogens (tertiary/aromatic N) is 3. The van der Waals surface area contributed by atoms with Gasteiger partial charge in [0, 0.05) is 30.5 Å². The van der Waals surface area contributed by atoms with Crippen LogP contribution in [0.3, 0.4) is 0 Å². The molecule has 1 aliphatic rings. The Balaban J connectivity index is 1.77.